The summed E-state index contributed by atoms with van der Waals surface area (Å²) in [5.74, 6) is 0.745. The first-order chi connectivity index (χ1) is 15.2. The Morgan fingerprint density at radius 3 is 2.94 bits per heavy atom. The molecule has 5 rings (SSSR count). The van der Waals surface area contributed by atoms with E-state index < -0.39 is 0 Å². The van der Waals surface area contributed by atoms with E-state index in [1.807, 2.05) is 18.2 Å². The Hall–Kier alpha value is -2.70. The number of imidazole rings is 1. The van der Waals surface area contributed by atoms with Crippen LogP contribution in [0.2, 0.25) is 0 Å². The number of rotatable bonds is 6. The first kappa shape index (κ1) is 20.2. The Bertz CT molecular complexity index is 1220. The summed E-state index contributed by atoms with van der Waals surface area (Å²) in [7, 11) is 0. The van der Waals surface area contributed by atoms with Gasteiger partial charge >= 0.3 is 0 Å². The molecule has 1 amide bonds. The van der Waals surface area contributed by atoms with Gasteiger partial charge in [0.15, 0.2) is 4.96 Å². The van der Waals surface area contributed by atoms with Gasteiger partial charge < -0.3 is 10.1 Å². The van der Waals surface area contributed by atoms with Crippen LogP contribution in [-0.2, 0) is 4.74 Å². The number of nitrogens with one attached hydrogen (secondary N) is 1. The largest absolute Gasteiger partial charge is 0.381 e. The molecule has 2 aromatic carbocycles. The number of carbonyl (C=O) groups excluding carboxylic acids is 1. The second kappa shape index (κ2) is 8.81. The van der Waals surface area contributed by atoms with Gasteiger partial charge in [0.1, 0.15) is 0 Å². The lowest BCUT2D eigenvalue weighted by Crippen LogP contribution is -2.25. The fraction of sp³-hybridized carbons (Fsp3) is 0.360. The first-order valence-corrected chi connectivity index (χ1v) is 11.8. The van der Waals surface area contributed by atoms with Crippen LogP contribution in [0.5, 0.6) is 0 Å². The fourth-order valence-electron chi connectivity index (χ4n) is 4.32. The SMILES string of the molecule is Cc1cccc(-c2cn3c(n2)sc2cc(C(=O)NCCCC4CCOCC4)ccc23)c1. The summed E-state index contributed by atoms with van der Waals surface area (Å²) in [5, 5.41) is 3.08. The molecular formula is C25H27N3O2S. The van der Waals surface area contributed by atoms with Crippen molar-refractivity contribution in [1.82, 2.24) is 14.7 Å². The van der Waals surface area contributed by atoms with E-state index in [4.69, 9.17) is 9.72 Å². The molecule has 0 spiro atoms. The third kappa shape index (κ3) is 4.36. The van der Waals surface area contributed by atoms with Gasteiger partial charge in [0.05, 0.1) is 15.9 Å². The van der Waals surface area contributed by atoms with Gasteiger partial charge in [0, 0.05) is 37.1 Å². The zero-order valence-corrected chi connectivity index (χ0v) is 18.6. The maximum absolute atomic E-state index is 12.6. The number of fused-ring (bicyclic) bond motifs is 3. The lowest BCUT2D eigenvalue weighted by atomic mass is 9.95. The Kier molecular flexibility index (Phi) is 5.74. The second-order valence-corrected chi connectivity index (χ2v) is 9.40. The van der Waals surface area contributed by atoms with E-state index in [9.17, 15) is 4.79 Å². The number of benzene rings is 2. The van der Waals surface area contributed by atoms with Gasteiger partial charge in [0.2, 0.25) is 0 Å². The molecule has 1 aliphatic rings. The van der Waals surface area contributed by atoms with E-state index in [1.165, 1.54) is 5.56 Å². The molecule has 6 heteroatoms. The van der Waals surface area contributed by atoms with Gasteiger partial charge in [-0.15, -0.1) is 0 Å². The molecule has 2 aromatic heterocycles. The van der Waals surface area contributed by atoms with Gasteiger partial charge in [-0.05, 0) is 62.8 Å². The van der Waals surface area contributed by atoms with Crippen LogP contribution in [0.15, 0.2) is 48.7 Å². The van der Waals surface area contributed by atoms with Gasteiger partial charge in [-0.3, -0.25) is 9.20 Å². The van der Waals surface area contributed by atoms with Gasteiger partial charge in [-0.25, -0.2) is 4.98 Å². The standard InChI is InChI=1S/C25H27N3O2S/c1-17-4-2-6-19(14-17)21-16-28-22-8-7-20(15-23(22)31-25(28)27-21)24(29)26-11-3-5-18-9-12-30-13-10-18/h2,4,6-8,14-16,18H,3,5,9-13H2,1H3,(H,26,29). The Balaban J connectivity index is 1.26. The topological polar surface area (TPSA) is 55.6 Å². The van der Waals surface area contributed by atoms with Crippen molar-refractivity contribution in [3.63, 3.8) is 0 Å². The Morgan fingerprint density at radius 2 is 2.10 bits per heavy atom. The quantitative estimate of drug-likeness (QED) is 0.411. The minimum Gasteiger partial charge on any atom is -0.381 e. The highest BCUT2D eigenvalue weighted by Gasteiger charge is 2.15. The van der Waals surface area contributed by atoms with Crippen LogP contribution in [0.25, 0.3) is 26.4 Å². The van der Waals surface area contributed by atoms with Crippen molar-refractivity contribution in [3.8, 4) is 11.3 Å². The van der Waals surface area contributed by atoms with Crippen molar-refractivity contribution >= 4 is 32.4 Å². The van der Waals surface area contributed by atoms with Crippen LogP contribution in [0.3, 0.4) is 0 Å². The number of hydrogen-bond donors (Lipinski definition) is 1. The predicted molar refractivity (Wildman–Crippen MR) is 126 cm³/mol. The molecule has 3 heterocycles. The summed E-state index contributed by atoms with van der Waals surface area (Å²) >= 11 is 1.62. The molecule has 5 nitrogen and oxygen atoms in total. The molecule has 0 saturated carbocycles. The van der Waals surface area contributed by atoms with E-state index in [-0.39, 0.29) is 5.91 Å². The second-order valence-electron chi connectivity index (χ2n) is 8.39. The summed E-state index contributed by atoms with van der Waals surface area (Å²) in [6.45, 7) is 4.58. The zero-order chi connectivity index (χ0) is 21.2. The van der Waals surface area contributed by atoms with Crippen LogP contribution in [0.1, 0.15) is 41.6 Å². The van der Waals surface area contributed by atoms with Crippen molar-refractivity contribution in [1.29, 1.82) is 0 Å². The number of aromatic nitrogens is 2. The molecule has 4 aromatic rings. The summed E-state index contributed by atoms with van der Waals surface area (Å²) in [6, 6.07) is 14.3. The number of ether oxygens (including phenoxy) is 1. The van der Waals surface area contributed by atoms with Crippen molar-refractivity contribution in [2.24, 2.45) is 5.92 Å². The zero-order valence-electron chi connectivity index (χ0n) is 17.8. The maximum Gasteiger partial charge on any atom is 0.251 e. The van der Waals surface area contributed by atoms with E-state index in [0.717, 1.165) is 77.8 Å². The highest BCUT2D eigenvalue weighted by Crippen LogP contribution is 2.30. The molecule has 1 N–H and O–H groups in total. The van der Waals surface area contributed by atoms with Crippen molar-refractivity contribution in [2.45, 2.75) is 32.6 Å². The van der Waals surface area contributed by atoms with E-state index in [1.54, 1.807) is 11.3 Å². The third-order valence-corrected chi connectivity index (χ3v) is 7.10. The number of nitrogens with zero attached hydrogens (tertiary/aromatic N) is 2. The number of hydrogen-bond acceptors (Lipinski definition) is 4. The molecule has 1 aliphatic heterocycles. The summed E-state index contributed by atoms with van der Waals surface area (Å²) in [4.78, 5) is 18.4. The minimum absolute atomic E-state index is 0.000340. The lowest BCUT2D eigenvalue weighted by molar-refractivity contribution is 0.0631. The maximum atomic E-state index is 12.6. The third-order valence-electron chi connectivity index (χ3n) is 6.09. The summed E-state index contributed by atoms with van der Waals surface area (Å²) in [5.41, 5.74) is 5.12. The predicted octanol–water partition coefficient (Wildman–Crippen LogP) is 5.46. The van der Waals surface area contributed by atoms with Crippen molar-refractivity contribution in [3.05, 3.63) is 59.8 Å². The summed E-state index contributed by atoms with van der Waals surface area (Å²) < 4.78 is 8.61. The van der Waals surface area contributed by atoms with Crippen LogP contribution in [-0.4, -0.2) is 35.1 Å². The van der Waals surface area contributed by atoms with Gasteiger partial charge in [-0.2, -0.15) is 0 Å². The first-order valence-electron chi connectivity index (χ1n) is 11.0. The number of carbonyl (C=O) groups is 1. The highest BCUT2D eigenvalue weighted by molar-refractivity contribution is 7.23. The van der Waals surface area contributed by atoms with Gasteiger partial charge in [-0.1, -0.05) is 35.1 Å². The molecule has 1 fully saturated rings. The average molecular weight is 434 g/mol. The molecule has 0 bridgehead atoms. The Morgan fingerprint density at radius 1 is 1.23 bits per heavy atom. The molecule has 0 unspecified atom stereocenters. The highest BCUT2D eigenvalue weighted by atomic mass is 32.1. The molecule has 0 aliphatic carbocycles. The van der Waals surface area contributed by atoms with E-state index in [0.29, 0.717) is 5.56 Å². The monoisotopic (exact) mass is 433 g/mol. The molecule has 0 atom stereocenters. The smallest absolute Gasteiger partial charge is 0.251 e. The number of amides is 1. The molecule has 160 valence electrons. The molecule has 31 heavy (non-hydrogen) atoms. The van der Waals surface area contributed by atoms with E-state index in [2.05, 4.69) is 47.1 Å². The Labute approximate surface area is 186 Å². The molecule has 1 saturated heterocycles. The van der Waals surface area contributed by atoms with Crippen LogP contribution in [0, 0.1) is 12.8 Å². The van der Waals surface area contributed by atoms with Crippen molar-refractivity contribution in [2.75, 3.05) is 19.8 Å². The van der Waals surface area contributed by atoms with Crippen molar-refractivity contribution < 1.29 is 9.53 Å². The minimum atomic E-state index is 0.000340. The normalized spacial score (nSPS) is 15.0. The van der Waals surface area contributed by atoms with Gasteiger partial charge in [0.25, 0.3) is 5.91 Å². The molecule has 0 radical (unpaired) electrons. The summed E-state index contributed by atoms with van der Waals surface area (Å²) in [6.07, 6.45) is 6.56. The number of aryl methyl sites for hydroxylation is 1. The number of thiazole rings is 1. The molecular weight excluding hydrogens is 406 g/mol. The van der Waals surface area contributed by atoms with Crippen LogP contribution < -0.4 is 5.32 Å². The lowest BCUT2D eigenvalue weighted by Gasteiger charge is -2.21. The van der Waals surface area contributed by atoms with E-state index >= 15 is 0 Å². The van der Waals surface area contributed by atoms with Crippen LogP contribution in [0.4, 0.5) is 0 Å². The fourth-order valence-corrected chi connectivity index (χ4v) is 5.36. The van der Waals surface area contributed by atoms with Crippen LogP contribution >= 0.6 is 11.3 Å². The average Bonchev–Trinajstić information content (AvgIpc) is 3.35.